The van der Waals surface area contributed by atoms with Crippen LogP contribution in [0.15, 0.2) is 53.4 Å². The first-order valence-electron chi connectivity index (χ1n) is 6.72. The minimum atomic E-state index is -3.77. The second-order valence-electron chi connectivity index (χ2n) is 4.66. The molecule has 0 aliphatic carbocycles. The number of nitrogens with zero attached hydrogens (tertiary/aromatic N) is 1. The van der Waals surface area contributed by atoms with Crippen molar-refractivity contribution < 1.29 is 22.7 Å². The first-order valence-corrected chi connectivity index (χ1v) is 8.16. The van der Waals surface area contributed by atoms with Crippen LogP contribution in [0.1, 0.15) is 10.4 Å². The molecule has 2 aromatic carbocycles. The molecule has 0 aliphatic heterocycles. The lowest BCUT2D eigenvalue weighted by Gasteiger charge is -2.20. The lowest BCUT2D eigenvalue weighted by molar-refractivity contribution is 0.0597. The topological polar surface area (TPSA) is 72.9 Å². The van der Waals surface area contributed by atoms with Crippen LogP contribution in [0.3, 0.4) is 0 Å². The van der Waals surface area contributed by atoms with Crippen LogP contribution in [0.5, 0.6) is 5.75 Å². The number of hydrogen-bond donors (Lipinski definition) is 0. The Kier molecular flexibility index (Phi) is 4.90. The SMILES string of the molecule is COC(=O)c1ccc(S(=O)(=O)N(C)c2ccccc2)cc1OC. The van der Waals surface area contributed by atoms with E-state index in [-0.39, 0.29) is 16.2 Å². The summed E-state index contributed by atoms with van der Waals surface area (Å²) in [5.41, 5.74) is 0.694. The molecule has 6 nitrogen and oxygen atoms in total. The molecule has 0 radical (unpaired) electrons. The number of benzene rings is 2. The van der Waals surface area contributed by atoms with Crippen LogP contribution in [0.2, 0.25) is 0 Å². The maximum atomic E-state index is 12.7. The third-order valence-corrected chi connectivity index (χ3v) is 5.14. The highest BCUT2D eigenvalue weighted by molar-refractivity contribution is 7.92. The van der Waals surface area contributed by atoms with E-state index in [2.05, 4.69) is 4.74 Å². The molecule has 0 saturated carbocycles. The fraction of sp³-hybridized carbons (Fsp3) is 0.188. The highest BCUT2D eigenvalue weighted by atomic mass is 32.2. The van der Waals surface area contributed by atoms with E-state index in [1.165, 1.54) is 43.8 Å². The van der Waals surface area contributed by atoms with E-state index < -0.39 is 16.0 Å². The quantitative estimate of drug-likeness (QED) is 0.784. The molecular formula is C16H17NO5S. The van der Waals surface area contributed by atoms with Crippen molar-refractivity contribution >= 4 is 21.7 Å². The van der Waals surface area contributed by atoms with Gasteiger partial charge in [-0.15, -0.1) is 0 Å². The summed E-state index contributed by atoms with van der Waals surface area (Å²) in [4.78, 5) is 11.7. The van der Waals surface area contributed by atoms with E-state index in [1.54, 1.807) is 30.3 Å². The van der Waals surface area contributed by atoms with Crippen molar-refractivity contribution in [2.45, 2.75) is 4.90 Å². The number of carbonyl (C=O) groups excluding carboxylic acids is 1. The number of anilines is 1. The summed E-state index contributed by atoms with van der Waals surface area (Å²) in [5.74, 6) is -0.457. The molecule has 0 unspecified atom stereocenters. The number of para-hydroxylation sites is 1. The van der Waals surface area contributed by atoms with Gasteiger partial charge in [0.15, 0.2) is 0 Å². The average molecular weight is 335 g/mol. The van der Waals surface area contributed by atoms with E-state index >= 15 is 0 Å². The maximum absolute atomic E-state index is 12.7. The maximum Gasteiger partial charge on any atom is 0.341 e. The van der Waals surface area contributed by atoms with Crippen LogP contribution in [-0.2, 0) is 14.8 Å². The van der Waals surface area contributed by atoms with Crippen LogP contribution in [0.4, 0.5) is 5.69 Å². The Bertz CT molecular complexity index is 802. The molecule has 0 atom stereocenters. The van der Waals surface area contributed by atoms with Crippen LogP contribution in [0.25, 0.3) is 0 Å². The lowest BCUT2D eigenvalue weighted by Crippen LogP contribution is -2.26. The zero-order chi connectivity index (χ0) is 17.0. The van der Waals surface area contributed by atoms with Crippen molar-refractivity contribution in [3.05, 3.63) is 54.1 Å². The fourth-order valence-electron chi connectivity index (χ4n) is 2.05. The standard InChI is InChI=1S/C16H17NO5S/c1-17(12-7-5-4-6-8-12)23(19,20)13-9-10-14(16(18)22-3)15(11-13)21-2/h4-11H,1-3H3. The molecule has 23 heavy (non-hydrogen) atoms. The summed E-state index contributed by atoms with van der Waals surface area (Å²) >= 11 is 0. The molecule has 0 bridgehead atoms. The van der Waals surface area contributed by atoms with E-state index in [9.17, 15) is 13.2 Å². The lowest BCUT2D eigenvalue weighted by atomic mass is 10.2. The summed E-state index contributed by atoms with van der Waals surface area (Å²) in [7, 11) is 0.297. The molecule has 0 fully saturated rings. The zero-order valence-electron chi connectivity index (χ0n) is 13.0. The predicted octanol–water partition coefficient (Wildman–Crippen LogP) is 2.31. The normalized spacial score (nSPS) is 10.9. The summed E-state index contributed by atoms with van der Waals surface area (Å²) in [5, 5.41) is 0. The zero-order valence-corrected chi connectivity index (χ0v) is 13.8. The minimum Gasteiger partial charge on any atom is -0.496 e. The van der Waals surface area contributed by atoms with Gasteiger partial charge in [0.1, 0.15) is 11.3 Å². The molecule has 7 heteroatoms. The van der Waals surface area contributed by atoms with Gasteiger partial charge in [-0.3, -0.25) is 4.31 Å². The first kappa shape index (κ1) is 16.8. The van der Waals surface area contributed by atoms with Gasteiger partial charge in [-0.1, -0.05) is 18.2 Å². The molecular weight excluding hydrogens is 318 g/mol. The molecule has 0 aliphatic rings. The van der Waals surface area contributed by atoms with E-state index in [4.69, 9.17) is 4.74 Å². The highest BCUT2D eigenvalue weighted by Crippen LogP contribution is 2.27. The third kappa shape index (κ3) is 3.29. The number of hydrogen-bond acceptors (Lipinski definition) is 5. The Morgan fingerprint density at radius 2 is 1.70 bits per heavy atom. The van der Waals surface area contributed by atoms with Gasteiger partial charge in [0.2, 0.25) is 0 Å². The molecule has 0 spiro atoms. The monoisotopic (exact) mass is 335 g/mol. The van der Waals surface area contributed by atoms with Crippen molar-refractivity contribution in [1.82, 2.24) is 0 Å². The summed E-state index contributed by atoms with van der Waals surface area (Å²) < 4.78 is 36.3. The predicted molar refractivity (Wildman–Crippen MR) is 86.4 cm³/mol. The van der Waals surface area contributed by atoms with Crippen LogP contribution >= 0.6 is 0 Å². The van der Waals surface area contributed by atoms with Gasteiger partial charge in [0.05, 0.1) is 24.8 Å². The fourth-order valence-corrected chi connectivity index (χ4v) is 3.26. The van der Waals surface area contributed by atoms with Gasteiger partial charge in [0, 0.05) is 13.1 Å². The molecule has 2 rings (SSSR count). The summed E-state index contributed by atoms with van der Waals surface area (Å²) in [6, 6.07) is 12.7. The van der Waals surface area contributed by atoms with Crippen molar-refractivity contribution in [1.29, 1.82) is 0 Å². The number of esters is 1. The minimum absolute atomic E-state index is 0.0216. The van der Waals surface area contributed by atoms with E-state index in [0.29, 0.717) is 5.69 Å². The van der Waals surface area contributed by atoms with Crippen LogP contribution in [0, 0.1) is 0 Å². The molecule has 0 N–H and O–H groups in total. The number of methoxy groups -OCH3 is 2. The van der Waals surface area contributed by atoms with Gasteiger partial charge in [0.25, 0.3) is 10.0 Å². The Labute approximate surface area is 135 Å². The van der Waals surface area contributed by atoms with Gasteiger partial charge < -0.3 is 9.47 Å². The molecule has 0 saturated heterocycles. The average Bonchev–Trinajstić information content (AvgIpc) is 2.60. The molecule has 0 amide bonds. The van der Waals surface area contributed by atoms with Crippen molar-refractivity contribution in [3.8, 4) is 5.75 Å². The third-order valence-electron chi connectivity index (χ3n) is 3.36. The van der Waals surface area contributed by atoms with Gasteiger partial charge in [-0.25, -0.2) is 13.2 Å². The number of sulfonamides is 1. The van der Waals surface area contributed by atoms with Crippen molar-refractivity contribution in [2.75, 3.05) is 25.6 Å². The van der Waals surface area contributed by atoms with Gasteiger partial charge >= 0.3 is 5.97 Å². The first-order chi connectivity index (χ1) is 10.9. The molecule has 0 aromatic heterocycles. The second-order valence-corrected chi connectivity index (χ2v) is 6.63. The summed E-state index contributed by atoms with van der Waals surface area (Å²) in [6.45, 7) is 0. The Hall–Kier alpha value is -2.54. The van der Waals surface area contributed by atoms with Crippen LogP contribution in [-0.4, -0.2) is 35.7 Å². The Morgan fingerprint density at radius 1 is 1.04 bits per heavy atom. The van der Waals surface area contributed by atoms with Gasteiger partial charge in [-0.05, 0) is 24.3 Å². The molecule has 0 heterocycles. The van der Waals surface area contributed by atoms with E-state index in [1.807, 2.05) is 0 Å². The van der Waals surface area contributed by atoms with E-state index in [0.717, 1.165) is 0 Å². The van der Waals surface area contributed by atoms with Crippen LogP contribution < -0.4 is 9.04 Å². The largest absolute Gasteiger partial charge is 0.496 e. The summed E-state index contributed by atoms with van der Waals surface area (Å²) in [6.07, 6.45) is 0. The number of rotatable bonds is 5. The Morgan fingerprint density at radius 3 is 2.26 bits per heavy atom. The number of ether oxygens (including phenoxy) is 2. The van der Waals surface area contributed by atoms with Crippen molar-refractivity contribution in [2.24, 2.45) is 0 Å². The molecule has 2 aromatic rings. The number of carbonyl (C=O) groups is 1. The molecule has 122 valence electrons. The smallest absolute Gasteiger partial charge is 0.341 e. The van der Waals surface area contributed by atoms with Gasteiger partial charge in [-0.2, -0.15) is 0 Å². The van der Waals surface area contributed by atoms with Crippen molar-refractivity contribution in [3.63, 3.8) is 0 Å². The second kappa shape index (κ2) is 6.70. The highest BCUT2D eigenvalue weighted by Gasteiger charge is 2.24. The Balaban J connectivity index is 2.46.